The van der Waals surface area contributed by atoms with Gasteiger partial charge in [-0.3, -0.25) is 0 Å². The largest absolute Gasteiger partial charge is 0.365 e. The van der Waals surface area contributed by atoms with Crippen molar-refractivity contribution in [1.82, 2.24) is 4.74 Å². The van der Waals surface area contributed by atoms with Crippen molar-refractivity contribution in [2.45, 2.75) is 0 Å². The van der Waals surface area contributed by atoms with Gasteiger partial charge < -0.3 is 4.52 Å². The highest BCUT2D eigenvalue weighted by atomic mass is 16.5. The highest BCUT2D eigenvalue weighted by Crippen LogP contribution is 2.29. The molecule has 0 bridgehead atoms. The summed E-state index contributed by atoms with van der Waals surface area (Å²) in [7, 11) is 0. The van der Waals surface area contributed by atoms with Crippen molar-refractivity contribution in [2.24, 2.45) is 0 Å². The van der Waals surface area contributed by atoms with Gasteiger partial charge in [-0.2, -0.15) is 4.74 Å². The molecule has 0 atom stereocenters. The van der Waals surface area contributed by atoms with Gasteiger partial charge in [0, 0.05) is 5.56 Å². The highest BCUT2D eigenvalue weighted by molar-refractivity contribution is 5.94. The second-order valence-electron chi connectivity index (χ2n) is 5.08. The maximum atomic E-state index is 12.2. The van der Waals surface area contributed by atoms with Crippen molar-refractivity contribution in [3.63, 3.8) is 0 Å². The fourth-order valence-corrected chi connectivity index (χ4v) is 2.70. The zero-order valence-electron chi connectivity index (χ0n) is 11.8. The van der Waals surface area contributed by atoms with E-state index in [9.17, 15) is 4.79 Å². The van der Waals surface area contributed by atoms with Crippen molar-refractivity contribution in [3.05, 3.63) is 89.3 Å². The summed E-state index contributed by atoms with van der Waals surface area (Å²) in [6, 6.07) is 25.3. The number of nitrogens with zero attached hydrogens (tertiary/aromatic N) is 1. The fraction of sp³-hybridized carbons (Fsp3) is 0. The second-order valence-corrected chi connectivity index (χ2v) is 5.08. The van der Waals surface area contributed by atoms with Gasteiger partial charge in [-0.15, -0.1) is 0 Å². The van der Waals surface area contributed by atoms with Gasteiger partial charge in [0.1, 0.15) is 5.52 Å². The molecule has 4 aromatic rings. The van der Waals surface area contributed by atoms with Crippen LogP contribution in [0.25, 0.3) is 27.7 Å². The van der Waals surface area contributed by atoms with Crippen molar-refractivity contribution in [3.8, 4) is 16.8 Å². The molecule has 3 nitrogen and oxygen atoms in total. The molecule has 0 aliphatic carbocycles. The summed E-state index contributed by atoms with van der Waals surface area (Å²) >= 11 is 0. The molecule has 3 heteroatoms. The van der Waals surface area contributed by atoms with Gasteiger partial charge in [0.05, 0.1) is 11.1 Å². The van der Waals surface area contributed by atoms with Gasteiger partial charge in [0.2, 0.25) is 0 Å². The standard InChI is InChI=1S/C19H13NO2/c21-19-17-13-7-12-16(14-8-3-1-4-9-14)18(17)20(22-19)15-10-5-2-6-11-15/h1-13H. The minimum absolute atomic E-state index is 0.323. The first-order valence-corrected chi connectivity index (χ1v) is 7.10. The van der Waals surface area contributed by atoms with Crippen LogP contribution in [-0.2, 0) is 0 Å². The number of rotatable bonds is 2. The molecule has 22 heavy (non-hydrogen) atoms. The second kappa shape index (κ2) is 5.04. The summed E-state index contributed by atoms with van der Waals surface area (Å²) in [5, 5.41) is 0.588. The Labute approximate surface area is 127 Å². The van der Waals surface area contributed by atoms with Crippen molar-refractivity contribution in [2.75, 3.05) is 0 Å². The minimum atomic E-state index is -0.323. The van der Waals surface area contributed by atoms with Gasteiger partial charge in [-0.05, 0) is 23.8 Å². The van der Waals surface area contributed by atoms with Crippen LogP contribution in [0.3, 0.4) is 0 Å². The molecule has 0 amide bonds. The lowest BCUT2D eigenvalue weighted by molar-refractivity contribution is 0.333. The number of aromatic nitrogens is 1. The van der Waals surface area contributed by atoms with E-state index >= 15 is 0 Å². The third-order valence-electron chi connectivity index (χ3n) is 3.71. The molecule has 0 fully saturated rings. The summed E-state index contributed by atoms with van der Waals surface area (Å²) in [6.07, 6.45) is 0. The van der Waals surface area contributed by atoms with E-state index in [-0.39, 0.29) is 5.63 Å². The average Bonchev–Trinajstić information content (AvgIpc) is 2.94. The molecule has 0 N–H and O–H groups in total. The van der Waals surface area contributed by atoms with Crippen LogP contribution in [0.15, 0.2) is 88.2 Å². The van der Waals surface area contributed by atoms with Gasteiger partial charge in [-0.25, -0.2) is 4.79 Å². The highest BCUT2D eigenvalue weighted by Gasteiger charge is 2.15. The van der Waals surface area contributed by atoms with Crippen LogP contribution < -0.4 is 5.63 Å². The number of para-hydroxylation sites is 2. The van der Waals surface area contributed by atoms with Crippen LogP contribution >= 0.6 is 0 Å². The summed E-state index contributed by atoms with van der Waals surface area (Å²) in [5.41, 5.74) is 3.34. The van der Waals surface area contributed by atoms with Crippen molar-refractivity contribution < 1.29 is 4.52 Å². The third-order valence-corrected chi connectivity index (χ3v) is 3.71. The Hall–Kier alpha value is -3.07. The molecule has 1 aromatic heterocycles. The molecular formula is C19H13NO2. The van der Waals surface area contributed by atoms with E-state index in [1.54, 1.807) is 10.8 Å². The number of hydrogen-bond donors (Lipinski definition) is 0. The van der Waals surface area contributed by atoms with E-state index in [4.69, 9.17) is 4.52 Å². The van der Waals surface area contributed by atoms with E-state index in [2.05, 4.69) is 0 Å². The zero-order valence-corrected chi connectivity index (χ0v) is 11.8. The molecule has 0 spiro atoms. The molecule has 3 aromatic carbocycles. The maximum absolute atomic E-state index is 12.2. The SMILES string of the molecule is O=c1on(-c2ccccc2)c2c(-c3ccccc3)cccc12. The number of hydrogen-bond acceptors (Lipinski definition) is 2. The van der Waals surface area contributed by atoms with E-state index in [1.165, 1.54) is 0 Å². The summed E-state index contributed by atoms with van der Waals surface area (Å²) in [6.45, 7) is 0. The Morgan fingerprint density at radius 1 is 0.727 bits per heavy atom. The lowest BCUT2D eigenvalue weighted by Crippen LogP contribution is -1.94. The van der Waals surface area contributed by atoms with Gasteiger partial charge in [-0.1, -0.05) is 60.7 Å². The average molecular weight is 287 g/mol. The summed E-state index contributed by atoms with van der Waals surface area (Å²) < 4.78 is 7.09. The summed E-state index contributed by atoms with van der Waals surface area (Å²) in [4.78, 5) is 12.2. The van der Waals surface area contributed by atoms with Crippen LogP contribution in [0, 0.1) is 0 Å². The van der Waals surface area contributed by atoms with Crippen LogP contribution in [-0.4, -0.2) is 4.74 Å². The molecular weight excluding hydrogens is 274 g/mol. The lowest BCUT2D eigenvalue weighted by atomic mass is 10.0. The smallest absolute Gasteiger partial charge is 0.330 e. The normalized spacial score (nSPS) is 10.9. The van der Waals surface area contributed by atoms with Gasteiger partial charge in [0.25, 0.3) is 0 Å². The topological polar surface area (TPSA) is 35.1 Å². The Kier molecular flexibility index (Phi) is 2.90. The van der Waals surface area contributed by atoms with Crippen LogP contribution in [0.1, 0.15) is 0 Å². The van der Waals surface area contributed by atoms with E-state index < -0.39 is 0 Å². The van der Waals surface area contributed by atoms with Gasteiger partial charge >= 0.3 is 5.63 Å². The van der Waals surface area contributed by atoms with Crippen molar-refractivity contribution in [1.29, 1.82) is 0 Å². The monoisotopic (exact) mass is 287 g/mol. The predicted molar refractivity (Wildman–Crippen MR) is 87.2 cm³/mol. The molecule has 4 rings (SSSR count). The maximum Gasteiger partial charge on any atom is 0.365 e. The Bertz CT molecular complexity index is 982. The molecule has 106 valence electrons. The van der Waals surface area contributed by atoms with E-state index in [1.807, 2.05) is 72.8 Å². The fourth-order valence-electron chi connectivity index (χ4n) is 2.70. The Balaban J connectivity index is 2.10. The first-order chi connectivity index (χ1) is 10.8. The third kappa shape index (κ3) is 1.95. The predicted octanol–water partition coefficient (Wildman–Crippen LogP) is 4.25. The lowest BCUT2D eigenvalue weighted by Gasteiger charge is -2.07. The number of benzene rings is 3. The molecule has 0 saturated heterocycles. The van der Waals surface area contributed by atoms with Crippen LogP contribution in [0.2, 0.25) is 0 Å². The molecule has 0 aliphatic heterocycles. The zero-order chi connectivity index (χ0) is 14.9. The Morgan fingerprint density at radius 3 is 2.14 bits per heavy atom. The number of fused-ring (bicyclic) bond motifs is 1. The van der Waals surface area contributed by atoms with E-state index in [0.717, 1.165) is 22.3 Å². The van der Waals surface area contributed by atoms with Crippen LogP contribution in [0.5, 0.6) is 0 Å². The van der Waals surface area contributed by atoms with Gasteiger partial charge in [0.15, 0.2) is 0 Å². The molecule has 0 aliphatic rings. The van der Waals surface area contributed by atoms with Crippen molar-refractivity contribution >= 4 is 10.9 Å². The molecule has 0 radical (unpaired) electrons. The van der Waals surface area contributed by atoms with E-state index in [0.29, 0.717) is 5.39 Å². The molecule has 0 saturated carbocycles. The van der Waals surface area contributed by atoms with Crippen LogP contribution in [0.4, 0.5) is 0 Å². The minimum Gasteiger partial charge on any atom is -0.330 e. The summed E-state index contributed by atoms with van der Waals surface area (Å²) in [5.74, 6) is 0. The molecule has 1 heterocycles. The Morgan fingerprint density at radius 2 is 1.41 bits per heavy atom. The molecule has 0 unspecified atom stereocenters. The quantitative estimate of drug-likeness (QED) is 0.552. The first kappa shape index (κ1) is 12.7. The first-order valence-electron chi connectivity index (χ1n) is 7.10.